The maximum absolute atomic E-state index is 13.4. The van der Waals surface area contributed by atoms with E-state index in [0.29, 0.717) is 34.0 Å². The summed E-state index contributed by atoms with van der Waals surface area (Å²) in [6, 6.07) is 19.0. The number of hydrogen-bond donors (Lipinski definition) is 1. The van der Waals surface area contributed by atoms with Gasteiger partial charge in [-0.05, 0) is 54.6 Å². The lowest BCUT2D eigenvalue weighted by Gasteiger charge is -2.04. The predicted molar refractivity (Wildman–Crippen MR) is 104 cm³/mol. The van der Waals surface area contributed by atoms with Gasteiger partial charge in [-0.2, -0.15) is 5.26 Å². The molecule has 1 N–H and O–H groups in total. The molecule has 4 aromatic rings. The minimum absolute atomic E-state index is 0.0361. The molecule has 0 bridgehead atoms. The van der Waals surface area contributed by atoms with E-state index >= 15 is 0 Å². The Hall–Kier alpha value is -4.25. The number of halogens is 2. The molecule has 1 aliphatic rings. The number of nitrogens with one attached hydrogen (secondary N) is 1. The van der Waals surface area contributed by atoms with Gasteiger partial charge in [0.05, 0.1) is 28.7 Å². The minimum atomic E-state index is -3.69. The Morgan fingerprint density at radius 3 is 2.43 bits per heavy atom. The fourth-order valence-electron chi connectivity index (χ4n) is 3.21. The van der Waals surface area contributed by atoms with Crippen LogP contribution in [0.1, 0.15) is 5.56 Å². The van der Waals surface area contributed by atoms with Gasteiger partial charge in [-0.15, -0.1) is 8.78 Å². The zero-order valence-electron chi connectivity index (χ0n) is 15.3. The molecule has 5 rings (SSSR count). The van der Waals surface area contributed by atoms with Crippen molar-refractivity contribution in [3.8, 4) is 51.6 Å². The molecule has 2 aromatic carbocycles. The first-order chi connectivity index (χ1) is 14.5. The number of H-pyrrole nitrogens is 1. The molecular weight excluding hydrogens is 390 g/mol. The number of nitriles is 1. The van der Waals surface area contributed by atoms with E-state index < -0.39 is 6.29 Å². The molecule has 8 heteroatoms. The number of imidazole rings is 1. The van der Waals surface area contributed by atoms with E-state index in [1.165, 1.54) is 12.1 Å². The highest BCUT2D eigenvalue weighted by atomic mass is 19.3. The summed E-state index contributed by atoms with van der Waals surface area (Å²) in [7, 11) is 0. The van der Waals surface area contributed by atoms with Crippen molar-refractivity contribution in [3.63, 3.8) is 0 Å². The number of pyridine rings is 1. The van der Waals surface area contributed by atoms with Crippen molar-refractivity contribution in [2.45, 2.75) is 6.29 Å². The third kappa shape index (κ3) is 3.12. The van der Waals surface area contributed by atoms with Gasteiger partial charge in [0, 0.05) is 17.3 Å². The fourth-order valence-corrected chi connectivity index (χ4v) is 3.21. The van der Waals surface area contributed by atoms with Crippen molar-refractivity contribution in [1.29, 1.82) is 5.26 Å². The van der Waals surface area contributed by atoms with Crippen LogP contribution in [0, 0.1) is 11.3 Å². The van der Waals surface area contributed by atoms with E-state index in [2.05, 4.69) is 30.5 Å². The summed E-state index contributed by atoms with van der Waals surface area (Å²) in [5.74, 6) is 0.455. The third-order valence-corrected chi connectivity index (χ3v) is 4.59. The molecule has 0 unspecified atom stereocenters. The summed E-state index contributed by atoms with van der Waals surface area (Å²) in [6.07, 6.45) is -2.04. The van der Waals surface area contributed by atoms with Gasteiger partial charge in [-0.25, -0.2) is 4.98 Å². The van der Waals surface area contributed by atoms with Gasteiger partial charge in [-0.3, -0.25) is 4.98 Å². The first-order valence-electron chi connectivity index (χ1n) is 8.95. The van der Waals surface area contributed by atoms with Gasteiger partial charge in [0.25, 0.3) is 0 Å². The van der Waals surface area contributed by atoms with Crippen LogP contribution in [0.5, 0.6) is 11.5 Å². The highest BCUT2D eigenvalue weighted by Crippen LogP contribution is 2.44. The number of ether oxygens (including phenoxy) is 2. The number of hydrogen-bond acceptors (Lipinski definition) is 5. The summed E-state index contributed by atoms with van der Waals surface area (Å²) in [5, 5.41) is 9.00. The van der Waals surface area contributed by atoms with E-state index in [1.807, 2.05) is 12.1 Å². The second-order valence-corrected chi connectivity index (χ2v) is 6.54. The highest BCUT2D eigenvalue weighted by molar-refractivity contribution is 5.81. The molecule has 0 radical (unpaired) electrons. The molecule has 146 valence electrons. The standard InChI is InChI=1S/C22H12F2N4O2/c23-22(24)29-17-9-8-15(11-18(17)30-22)19-20(16-3-1-2-10-26-16)28-21(27-19)14-6-4-13(12-25)5-7-14/h1-11H,(H,27,28). The molecular formula is C22H12F2N4O2. The summed E-state index contributed by atoms with van der Waals surface area (Å²) in [5.41, 5.74) is 3.65. The maximum atomic E-state index is 13.4. The van der Waals surface area contributed by atoms with Gasteiger partial charge in [0.1, 0.15) is 5.82 Å². The Morgan fingerprint density at radius 2 is 1.70 bits per heavy atom. The predicted octanol–water partition coefficient (Wildman–Crippen LogP) is 5.00. The molecule has 0 fully saturated rings. The number of aromatic amines is 1. The Kier molecular flexibility index (Phi) is 3.96. The minimum Gasteiger partial charge on any atom is -0.395 e. The summed E-state index contributed by atoms with van der Waals surface area (Å²) in [4.78, 5) is 12.3. The second kappa shape index (κ2) is 6.67. The van der Waals surface area contributed by atoms with Crippen LogP contribution >= 0.6 is 0 Å². The molecule has 2 aromatic heterocycles. The average Bonchev–Trinajstić information content (AvgIpc) is 3.33. The van der Waals surface area contributed by atoms with Gasteiger partial charge in [0.2, 0.25) is 0 Å². The van der Waals surface area contributed by atoms with E-state index in [1.54, 1.807) is 42.6 Å². The SMILES string of the molecule is N#Cc1ccc(-c2nc(-c3ccc4c(c3)OC(F)(F)O4)c(-c3ccccn3)[nH]2)cc1. The van der Waals surface area contributed by atoms with Crippen LogP contribution in [0.15, 0.2) is 66.9 Å². The van der Waals surface area contributed by atoms with Crippen LogP contribution in [-0.2, 0) is 0 Å². The maximum Gasteiger partial charge on any atom is 0.586 e. The zero-order valence-corrected chi connectivity index (χ0v) is 15.3. The average molecular weight is 402 g/mol. The molecule has 0 aliphatic carbocycles. The van der Waals surface area contributed by atoms with E-state index in [0.717, 1.165) is 5.56 Å². The lowest BCUT2D eigenvalue weighted by molar-refractivity contribution is -0.286. The zero-order chi connectivity index (χ0) is 20.7. The molecule has 3 heterocycles. The van der Waals surface area contributed by atoms with Crippen molar-refractivity contribution in [2.24, 2.45) is 0 Å². The number of nitrogens with zero attached hydrogens (tertiary/aromatic N) is 3. The molecule has 0 saturated heterocycles. The van der Waals surface area contributed by atoms with Crippen molar-refractivity contribution in [1.82, 2.24) is 15.0 Å². The monoisotopic (exact) mass is 402 g/mol. The van der Waals surface area contributed by atoms with Gasteiger partial charge < -0.3 is 14.5 Å². The van der Waals surface area contributed by atoms with Crippen LogP contribution in [-0.4, -0.2) is 21.2 Å². The Balaban J connectivity index is 1.64. The molecule has 0 amide bonds. The topological polar surface area (TPSA) is 83.8 Å². The van der Waals surface area contributed by atoms with Gasteiger partial charge in [0.15, 0.2) is 11.5 Å². The first kappa shape index (κ1) is 17.8. The number of rotatable bonds is 3. The summed E-state index contributed by atoms with van der Waals surface area (Å²) >= 11 is 0. The Morgan fingerprint density at radius 1 is 0.933 bits per heavy atom. The largest absolute Gasteiger partial charge is 0.586 e. The van der Waals surface area contributed by atoms with Crippen LogP contribution in [0.25, 0.3) is 34.0 Å². The number of alkyl halides is 2. The molecule has 0 saturated carbocycles. The number of fused-ring (bicyclic) bond motifs is 1. The normalized spacial score (nSPS) is 13.8. The molecule has 0 atom stereocenters. The van der Waals surface area contributed by atoms with Gasteiger partial charge >= 0.3 is 6.29 Å². The van der Waals surface area contributed by atoms with Crippen molar-refractivity contribution >= 4 is 0 Å². The second-order valence-electron chi connectivity index (χ2n) is 6.54. The lowest BCUT2D eigenvalue weighted by atomic mass is 10.1. The Labute approximate surface area is 169 Å². The van der Waals surface area contributed by atoms with Crippen LogP contribution < -0.4 is 9.47 Å². The van der Waals surface area contributed by atoms with Crippen LogP contribution in [0.4, 0.5) is 8.78 Å². The van der Waals surface area contributed by atoms with Crippen molar-refractivity contribution in [3.05, 3.63) is 72.4 Å². The van der Waals surface area contributed by atoms with E-state index in [4.69, 9.17) is 5.26 Å². The summed E-state index contributed by atoms with van der Waals surface area (Å²) in [6.45, 7) is 0. The molecule has 6 nitrogen and oxygen atoms in total. The quantitative estimate of drug-likeness (QED) is 0.521. The third-order valence-electron chi connectivity index (χ3n) is 4.59. The smallest absolute Gasteiger partial charge is 0.395 e. The summed E-state index contributed by atoms with van der Waals surface area (Å²) < 4.78 is 35.9. The van der Waals surface area contributed by atoms with Crippen LogP contribution in [0.2, 0.25) is 0 Å². The number of aromatic nitrogens is 3. The molecule has 1 aliphatic heterocycles. The van der Waals surface area contributed by atoms with Crippen molar-refractivity contribution in [2.75, 3.05) is 0 Å². The van der Waals surface area contributed by atoms with E-state index in [-0.39, 0.29) is 11.5 Å². The van der Waals surface area contributed by atoms with Crippen LogP contribution in [0.3, 0.4) is 0 Å². The highest BCUT2D eigenvalue weighted by Gasteiger charge is 2.43. The fraction of sp³-hybridized carbons (Fsp3) is 0.0455. The molecule has 30 heavy (non-hydrogen) atoms. The van der Waals surface area contributed by atoms with Gasteiger partial charge in [-0.1, -0.05) is 6.07 Å². The number of benzene rings is 2. The first-order valence-corrected chi connectivity index (χ1v) is 8.95. The van der Waals surface area contributed by atoms with Crippen molar-refractivity contribution < 1.29 is 18.3 Å². The molecule has 0 spiro atoms. The Bertz CT molecular complexity index is 1280. The lowest BCUT2D eigenvalue weighted by Crippen LogP contribution is -2.25. The van der Waals surface area contributed by atoms with E-state index in [9.17, 15) is 8.78 Å².